The third kappa shape index (κ3) is 6.78. The van der Waals surface area contributed by atoms with E-state index < -0.39 is 6.10 Å². The Labute approximate surface area is 158 Å². The van der Waals surface area contributed by atoms with Crippen LogP contribution >= 0.6 is 23.4 Å². The third-order valence-electron chi connectivity index (χ3n) is 3.67. The first-order valence-corrected chi connectivity index (χ1v) is 9.46. The van der Waals surface area contributed by atoms with Crippen molar-refractivity contribution in [2.75, 3.05) is 33.1 Å². The molecule has 0 saturated heterocycles. The molecule has 0 fully saturated rings. The summed E-state index contributed by atoms with van der Waals surface area (Å²) in [4.78, 5) is 1.11. The summed E-state index contributed by atoms with van der Waals surface area (Å²) in [6.07, 6.45) is 0.461. The van der Waals surface area contributed by atoms with Crippen molar-refractivity contribution < 1.29 is 14.6 Å². The molecule has 0 heterocycles. The monoisotopic (exact) mass is 381 g/mol. The number of hydrogen-bond donors (Lipinski definition) is 2. The second kappa shape index (κ2) is 10.6. The van der Waals surface area contributed by atoms with Crippen LogP contribution in [0.5, 0.6) is 11.5 Å². The average molecular weight is 382 g/mol. The van der Waals surface area contributed by atoms with Crippen molar-refractivity contribution in [2.24, 2.45) is 0 Å². The quantitative estimate of drug-likeness (QED) is 0.486. The highest BCUT2D eigenvalue weighted by Crippen LogP contribution is 2.27. The van der Waals surface area contributed by atoms with Crippen molar-refractivity contribution in [2.45, 2.75) is 17.4 Å². The van der Waals surface area contributed by atoms with Gasteiger partial charge in [-0.25, -0.2) is 0 Å². The maximum atomic E-state index is 10.1. The molecule has 4 nitrogen and oxygen atoms in total. The second-order valence-corrected chi connectivity index (χ2v) is 7.09. The van der Waals surface area contributed by atoms with Crippen LogP contribution in [0.15, 0.2) is 47.4 Å². The SMILES string of the molecule is COc1ccc(CCNC[C@@H](O)CSc2ccc(Cl)cc2)cc1OC. The van der Waals surface area contributed by atoms with Crippen LogP contribution in [0.2, 0.25) is 5.02 Å². The van der Waals surface area contributed by atoms with Gasteiger partial charge in [0.05, 0.1) is 20.3 Å². The number of aliphatic hydroxyl groups is 1. The number of benzene rings is 2. The standard InChI is InChI=1S/C19H24ClNO3S/c1-23-18-8-3-14(11-19(18)24-2)9-10-21-12-16(22)13-25-17-6-4-15(20)5-7-17/h3-8,11,16,21-22H,9-10,12-13H2,1-2H3/t16-/m1/s1. The highest BCUT2D eigenvalue weighted by atomic mass is 35.5. The Morgan fingerprint density at radius 3 is 2.48 bits per heavy atom. The number of ether oxygens (including phenoxy) is 2. The number of methoxy groups -OCH3 is 2. The number of rotatable bonds is 10. The Kier molecular flexibility index (Phi) is 8.41. The van der Waals surface area contributed by atoms with Gasteiger partial charge in [0.1, 0.15) is 0 Å². The lowest BCUT2D eigenvalue weighted by atomic mass is 10.1. The van der Waals surface area contributed by atoms with Crippen LogP contribution in [-0.4, -0.2) is 44.3 Å². The Balaban J connectivity index is 1.67. The largest absolute Gasteiger partial charge is 0.493 e. The molecule has 0 spiro atoms. The van der Waals surface area contributed by atoms with E-state index in [1.807, 2.05) is 42.5 Å². The summed E-state index contributed by atoms with van der Waals surface area (Å²) < 4.78 is 10.5. The molecule has 0 radical (unpaired) electrons. The van der Waals surface area contributed by atoms with Gasteiger partial charge in [0.2, 0.25) is 0 Å². The number of thioether (sulfide) groups is 1. The lowest BCUT2D eigenvalue weighted by Crippen LogP contribution is -2.29. The first-order valence-electron chi connectivity index (χ1n) is 8.10. The topological polar surface area (TPSA) is 50.7 Å². The summed E-state index contributed by atoms with van der Waals surface area (Å²) in [7, 11) is 3.26. The van der Waals surface area contributed by atoms with Gasteiger partial charge in [-0.3, -0.25) is 0 Å². The lowest BCUT2D eigenvalue weighted by Gasteiger charge is -2.12. The molecular weight excluding hydrogens is 358 g/mol. The maximum Gasteiger partial charge on any atom is 0.160 e. The molecule has 2 N–H and O–H groups in total. The minimum Gasteiger partial charge on any atom is -0.493 e. The van der Waals surface area contributed by atoms with E-state index in [-0.39, 0.29) is 0 Å². The van der Waals surface area contributed by atoms with E-state index in [2.05, 4.69) is 5.32 Å². The van der Waals surface area contributed by atoms with Gasteiger partial charge in [0.15, 0.2) is 11.5 Å². The molecule has 136 valence electrons. The molecule has 1 atom stereocenters. The predicted octanol–water partition coefficient (Wildman–Crippen LogP) is 3.64. The minimum atomic E-state index is -0.397. The Morgan fingerprint density at radius 1 is 1.08 bits per heavy atom. The van der Waals surface area contributed by atoms with Gasteiger partial charge in [0.25, 0.3) is 0 Å². The molecule has 0 aliphatic heterocycles. The van der Waals surface area contributed by atoms with Crippen molar-refractivity contribution in [3.05, 3.63) is 53.1 Å². The fourth-order valence-corrected chi connectivity index (χ4v) is 3.28. The van der Waals surface area contributed by atoms with Gasteiger partial charge < -0.3 is 19.9 Å². The van der Waals surface area contributed by atoms with Crippen molar-refractivity contribution in [3.63, 3.8) is 0 Å². The van der Waals surface area contributed by atoms with Crippen molar-refractivity contribution in [1.82, 2.24) is 5.32 Å². The van der Waals surface area contributed by atoms with Crippen LogP contribution in [0.25, 0.3) is 0 Å². The van der Waals surface area contributed by atoms with Gasteiger partial charge >= 0.3 is 0 Å². The first kappa shape index (κ1) is 19.9. The van der Waals surface area contributed by atoms with Crippen LogP contribution in [0.3, 0.4) is 0 Å². The fraction of sp³-hybridized carbons (Fsp3) is 0.368. The van der Waals surface area contributed by atoms with E-state index >= 15 is 0 Å². The van der Waals surface area contributed by atoms with Crippen molar-refractivity contribution in [1.29, 1.82) is 0 Å². The van der Waals surface area contributed by atoms with Crippen LogP contribution in [0.1, 0.15) is 5.56 Å². The zero-order valence-corrected chi connectivity index (χ0v) is 16.1. The summed E-state index contributed by atoms with van der Waals surface area (Å²) in [5, 5.41) is 14.1. The third-order valence-corrected chi connectivity index (χ3v) is 5.08. The van der Waals surface area contributed by atoms with E-state index in [0.717, 1.165) is 39.9 Å². The molecule has 0 aliphatic rings. The summed E-state index contributed by atoms with van der Waals surface area (Å²) in [6, 6.07) is 13.6. The zero-order chi connectivity index (χ0) is 18.1. The molecule has 25 heavy (non-hydrogen) atoms. The maximum absolute atomic E-state index is 10.1. The highest BCUT2D eigenvalue weighted by Gasteiger charge is 2.07. The summed E-state index contributed by atoms with van der Waals surface area (Å²) >= 11 is 7.48. The average Bonchev–Trinajstić information content (AvgIpc) is 2.64. The van der Waals surface area contributed by atoms with Crippen LogP contribution in [0, 0.1) is 0 Å². The van der Waals surface area contributed by atoms with E-state index in [1.165, 1.54) is 0 Å². The Bertz CT molecular complexity index is 652. The molecule has 0 bridgehead atoms. The van der Waals surface area contributed by atoms with Gasteiger partial charge in [-0.1, -0.05) is 17.7 Å². The van der Waals surface area contributed by atoms with Gasteiger partial charge in [-0.15, -0.1) is 11.8 Å². The lowest BCUT2D eigenvalue weighted by molar-refractivity contribution is 0.196. The molecule has 0 aliphatic carbocycles. The van der Waals surface area contributed by atoms with E-state index in [0.29, 0.717) is 12.3 Å². The first-order chi connectivity index (χ1) is 12.1. The summed E-state index contributed by atoms with van der Waals surface area (Å²) in [5.74, 6) is 2.11. The van der Waals surface area contributed by atoms with Crippen LogP contribution in [-0.2, 0) is 6.42 Å². The fourth-order valence-electron chi connectivity index (χ4n) is 2.32. The van der Waals surface area contributed by atoms with E-state index in [4.69, 9.17) is 21.1 Å². The van der Waals surface area contributed by atoms with Gasteiger partial charge in [-0.2, -0.15) is 0 Å². The van der Waals surface area contributed by atoms with E-state index in [9.17, 15) is 5.11 Å². The van der Waals surface area contributed by atoms with Crippen molar-refractivity contribution >= 4 is 23.4 Å². The number of nitrogens with one attached hydrogen (secondary N) is 1. The molecule has 0 amide bonds. The smallest absolute Gasteiger partial charge is 0.160 e. The van der Waals surface area contributed by atoms with E-state index in [1.54, 1.807) is 26.0 Å². The normalized spacial score (nSPS) is 12.0. The van der Waals surface area contributed by atoms with Crippen LogP contribution < -0.4 is 14.8 Å². The summed E-state index contributed by atoms with van der Waals surface area (Å²) in [5.41, 5.74) is 1.16. The Morgan fingerprint density at radius 2 is 1.80 bits per heavy atom. The molecule has 0 saturated carbocycles. The number of aliphatic hydroxyl groups excluding tert-OH is 1. The number of halogens is 1. The van der Waals surface area contributed by atoms with Crippen LogP contribution in [0.4, 0.5) is 0 Å². The van der Waals surface area contributed by atoms with Crippen molar-refractivity contribution in [3.8, 4) is 11.5 Å². The molecule has 6 heteroatoms. The molecular formula is C19H24ClNO3S. The minimum absolute atomic E-state index is 0.397. The van der Waals surface area contributed by atoms with Gasteiger partial charge in [-0.05, 0) is 54.9 Å². The Hall–Kier alpha value is -1.40. The molecule has 0 aromatic heterocycles. The molecule has 2 aromatic rings. The molecule has 2 aromatic carbocycles. The predicted molar refractivity (Wildman–Crippen MR) is 104 cm³/mol. The molecule has 0 unspecified atom stereocenters. The molecule has 2 rings (SSSR count). The van der Waals surface area contributed by atoms with Gasteiger partial charge in [0, 0.05) is 22.2 Å². The summed E-state index contributed by atoms with van der Waals surface area (Å²) in [6.45, 7) is 1.35. The number of hydrogen-bond acceptors (Lipinski definition) is 5. The second-order valence-electron chi connectivity index (χ2n) is 5.56. The zero-order valence-electron chi connectivity index (χ0n) is 14.5. The highest BCUT2D eigenvalue weighted by molar-refractivity contribution is 7.99.